The highest BCUT2D eigenvalue weighted by Crippen LogP contribution is 2.21. The summed E-state index contributed by atoms with van der Waals surface area (Å²) in [5, 5.41) is 13.6. The van der Waals surface area contributed by atoms with E-state index in [1.165, 1.54) is 12.1 Å². The number of halogens is 1. The highest BCUT2D eigenvalue weighted by Gasteiger charge is 2.18. The molecule has 0 atom stereocenters. The first-order valence-electron chi connectivity index (χ1n) is 7.10. The van der Waals surface area contributed by atoms with Crippen LogP contribution < -0.4 is 11.1 Å². The monoisotopic (exact) mass is 297 g/mol. The van der Waals surface area contributed by atoms with E-state index in [9.17, 15) is 14.5 Å². The van der Waals surface area contributed by atoms with Crippen LogP contribution in [-0.4, -0.2) is 30.2 Å². The molecule has 6 nitrogen and oxygen atoms in total. The molecule has 1 aromatic carbocycles. The minimum Gasteiger partial charge on any atom is -0.382 e. The van der Waals surface area contributed by atoms with Gasteiger partial charge in [-0.15, -0.1) is 0 Å². The van der Waals surface area contributed by atoms with Crippen LogP contribution in [0.5, 0.6) is 0 Å². The van der Waals surface area contributed by atoms with E-state index in [-0.39, 0.29) is 17.8 Å². The van der Waals surface area contributed by atoms with E-state index in [2.05, 4.69) is 5.32 Å². The van der Waals surface area contributed by atoms with Crippen LogP contribution >= 0.6 is 0 Å². The Kier molecular flexibility index (Phi) is 5.46. The van der Waals surface area contributed by atoms with Crippen molar-refractivity contribution in [3.8, 4) is 0 Å². The Labute approximate surface area is 122 Å². The average molecular weight is 297 g/mol. The van der Waals surface area contributed by atoms with Gasteiger partial charge in [0.2, 0.25) is 0 Å². The molecule has 21 heavy (non-hydrogen) atoms. The molecule has 116 valence electrons. The molecule has 0 aromatic heterocycles. The second kappa shape index (κ2) is 7.33. The summed E-state index contributed by atoms with van der Waals surface area (Å²) in [4.78, 5) is 10.0. The molecule has 0 saturated heterocycles. The van der Waals surface area contributed by atoms with Crippen molar-refractivity contribution in [2.24, 2.45) is 5.73 Å². The molecule has 0 heterocycles. The zero-order valence-electron chi connectivity index (χ0n) is 11.8. The lowest BCUT2D eigenvalue weighted by molar-refractivity contribution is -0.385. The Morgan fingerprint density at radius 1 is 1.33 bits per heavy atom. The summed E-state index contributed by atoms with van der Waals surface area (Å²) in [7, 11) is 0. The summed E-state index contributed by atoms with van der Waals surface area (Å²) in [5.41, 5.74) is 5.94. The number of ether oxygens (including phenoxy) is 1. The fourth-order valence-electron chi connectivity index (χ4n) is 2.46. The number of nitrogens with two attached hydrogens (primary N) is 1. The topological polar surface area (TPSA) is 90.4 Å². The summed E-state index contributed by atoms with van der Waals surface area (Å²) in [6, 6.07) is 3.72. The van der Waals surface area contributed by atoms with E-state index in [1.807, 2.05) is 0 Å². The summed E-state index contributed by atoms with van der Waals surface area (Å²) >= 11 is 0. The van der Waals surface area contributed by atoms with Crippen molar-refractivity contribution in [1.29, 1.82) is 0 Å². The largest absolute Gasteiger partial charge is 0.382 e. The highest BCUT2D eigenvalue weighted by atomic mass is 19.1. The Morgan fingerprint density at radius 3 is 2.71 bits per heavy atom. The number of nitrogens with one attached hydrogen (secondary N) is 1. The fraction of sp³-hybridized carbons (Fsp3) is 0.571. The molecule has 3 N–H and O–H groups in total. The molecule has 1 aliphatic rings. The Bertz CT molecular complexity index is 490. The van der Waals surface area contributed by atoms with Gasteiger partial charge < -0.3 is 15.8 Å². The molecular formula is C14H20FN3O3. The number of nitro groups is 1. The van der Waals surface area contributed by atoms with Gasteiger partial charge in [-0.05, 0) is 31.7 Å². The molecule has 7 heteroatoms. The maximum Gasteiger partial charge on any atom is 0.274 e. The van der Waals surface area contributed by atoms with Crippen LogP contribution in [0.1, 0.15) is 25.7 Å². The molecule has 0 spiro atoms. The van der Waals surface area contributed by atoms with Crippen LogP contribution in [0.3, 0.4) is 0 Å². The molecule has 0 aliphatic heterocycles. The lowest BCUT2D eigenvalue weighted by Gasteiger charge is -2.26. The molecule has 0 unspecified atom stereocenters. The van der Waals surface area contributed by atoms with Crippen molar-refractivity contribution < 1.29 is 14.1 Å². The van der Waals surface area contributed by atoms with Crippen molar-refractivity contribution >= 4 is 11.4 Å². The van der Waals surface area contributed by atoms with Crippen molar-refractivity contribution in [3.63, 3.8) is 0 Å². The molecular weight excluding hydrogens is 277 g/mol. The predicted octanol–water partition coefficient (Wildman–Crippen LogP) is 2.43. The quantitative estimate of drug-likeness (QED) is 0.478. The van der Waals surface area contributed by atoms with E-state index in [4.69, 9.17) is 10.5 Å². The fourth-order valence-corrected chi connectivity index (χ4v) is 2.46. The van der Waals surface area contributed by atoms with Crippen molar-refractivity contribution in [2.75, 3.05) is 18.5 Å². The average Bonchev–Trinajstić information content (AvgIpc) is 2.45. The van der Waals surface area contributed by atoms with Crippen LogP contribution in [0, 0.1) is 15.9 Å². The van der Waals surface area contributed by atoms with Crippen LogP contribution in [0.2, 0.25) is 0 Å². The third-order valence-electron chi connectivity index (χ3n) is 3.60. The van der Waals surface area contributed by atoms with E-state index in [0.29, 0.717) is 18.8 Å². The number of hydrogen-bond acceptors (Lipinski definition) is 5. The molecule has 1 fully saturated rings. The number of nitrogens with zero attached hydrogens (tertiary/aromatic N) is 1. The number of rotatable bonds is 6. The number of benzene rings is 1. The predicted molar refractivity (Wildman–Crippen MR) is 77.7 cm³/mol. The summed E-state index contributed by atoms with van der Waals surface area (Å²) in [6.07, 6.45) is 4.12. The molecule has 1 aliphatic carbocycles. The van der Waals surface area contributed by atoms with Gasteiger partial charge in [-0.2, -0.15) is 0 Å². The smallest absolute Gasteiger partial charge is 0.274 e. The Hall–Kier alpha value is -1.73. The minimum atomic E-state index is -0.631. The van der Waals surface area contributed by atoms with E-state index in [1.54, 1.807) is 0 Å². The zero-order valence-corrected chi connectivity index (χ0v) is 11.8. The van der Waals surface area contributed by atoms with Crippen LogP contribution in [-0.2, 0) is 4.74 Å². The lowest BCUT2D eigenvalue weighted by Crippen LogP contribution is -2.31. The van der Waals surface area contributed by atoms with Gasteiger partial charge in [0.25, 0.3) is 5.69 Å². The molecule has 0 bridgehead atoms. The first-order valence-corrected chi connectivity index (χ1v) is 7.10. The third-order valence-corrected chi connectivity index (χ3v) is 3.60. The first-order chi connectivity index (χ1) is 10.0. The molecule has 2 rings (SSSR count). The molecule has 1 saturated carbocycles. The number of nitro benzene ring substituents is 1. The SMILES string of the molecule is NC1CCC(OCCNc2cc(F)cc([N+](=O)[O-])c2)CC1. The molecule has 0 radical (unpaired) electrons. The van der Waals surface area contributed by atoms with Gasteiger partial charge in [-0.25, -0.2) is 4.39 Å². The van der Waals surface area contributed by atoms with Crippen LogP contribution in [0.4, 0.5) is 15.8 Å². The molecule has 0 amide bonds. The van der Waals surface area contributed by atoms with Gasteiger partial charge in [0.15, 0.2) is 0 Å². The van der Waals surface area contributed by atoms with E-state index in [0.717, 1.165) is 31.7 Å². The van der Waals surface area contributed by atoms with E-state index >= 15 is 0 Å². The number of anilines is 1. The maximum atomic E-state index is 13.2. The zero-order chi connectivity index (χ0) is 15.2. The summed E-state index contributed by atoms with van der Waals surface area (Å²) < 4.78 is 19.0. The second-order valence-electron chi connectivity index (χ2n) is 5.29. The van der Waals surface area contributed by atoms with Gasteiger partial charge in [-0.1, -0.05) is 0 Å². The highest BCUT2D eigenvalue weighted by molar-refractivity contribution is 5.51. The maximum absolute atomic E-state index is 13.2. The van der Waals surface area contributed by atoms with Gasteiger partial charge >= 0.3 is 0 Å². The minimum absolute atomic E-state index is 0.230. The summed E-state index contributed by atoms with van der Waals surface area (Å²) in [6.45, 7) is 0.952. The van der Waals surface area contributed by atoms with Gasteiger partial charge in [0.05, 0.1) is 23.7 Å². The summed E-state index contributed by atoms with van der Waals surface area (Å²) in [5.74, 6) is -0.631. The van der Waals surface area contributed by atoms with Crippen LogP contribution in [0.25, 0.3) is 0 Å². The van der Waals surface area contributed by atoms with Crippen molar-refractivity contribution in [3.05, 3.63) is 34.1 Å². The number of non-ortho nitro benzene ring substituents is 1. The lowest BCUT2D eigenvalue weighted by atomic mass is 9.94. The van der Waals surface area contributed by atoms with Crippen LogP contribution in [0.15, 0.2) is 18.2 Å². The number of hydrogen-bond donors (Lipinski definition) is 2. The second-order valence-corrected chi connectivity index (χ2v) is 5.29. The third kappa shape index (κ3) is 4.95. The molecule has 1 aromatic rings. The van der Waals surface area contributed by atoms with Gasteiger partial charge in [-0.3, -0.25) is 10.1 Å². The first kappa shape index (κ1) is 15.7. The van der Waals surface area contributed by atoms with Gasteiger partial charge in [0.1, 0.15) is 5.82 Å². The van der Waals surface area contributed by atoms with Crippen molar-refractivity contribution in [2.45, 2.75) is 37.8 Å². The Balaban J connectivity index is 1.74. The standard InChI is InChI=1S/C14H20FN3O3/c15-10-7-12(9-13(8-10)18(19)20)17-5-6-21-14-3-1-11(16)2-4-14/h7-9,11,14,17H,1-6,16H2. The normalized spacial score (nSPS) is 22.0. The van der Waals surface area contributed by atoms with E-state index < -0.39 is 10.7 Å². The van der Waals surface area contributed by atoms with Gasteiger partial charge in [0, 0.05) is 24.3 Å². The van der Waals surface area contributed by atoms with Crippen molar-refractivity contribution in [1.82, 2.24) is 0 Å². The Morgan fingerprint density at radius 2 is 2.05 bits per heavy atom.